The average molecular weight is 2000 g/mol. The fraction of sp³-hybridized carbons (Fsp3) is 0.481. The van der Waals surface area contributed by atoms with Gasteiger partial charge in [0.15, 0.2) is 17.3 Å². The van der Waals surface area contributed by atoms with Crippen molar-refractivity contribution in [3.8, 4) is 41.8 Å². The minimum Gasteiger partial charge on any atom is -0.391 e. The molecule has 8 amide bonds. The number of Topliss-reactive ketones (excluding diaryl/α,β-unsaturated/α-hetero) is 3. The molecule has 14 atom stereocenters. The summed E-state index contributed by atoms with van der Waals surface area (Å²) in [6.45, 7) is 34.0. The highest BCUT2D eigenvalue weighted by atomic mass is 32.1. The predicted molar refractivity (Wildman–Crippen MR) is 544 cm³/mol. The van der Waals surface area contributed by atoms with Crippen molar-refractivity contribution >= 4 is 110 Å². The van der Waals surface area contributed by atoms with Crippen molar-refractivity contribution in [1.82, 2.24) is 74.5 Å². The van der Waals surface area contributed by atoms with E-state index in [1.54, 1.807) is 60.8 Å². The molecule has 4 fully saturated rings. The van der Waals surface area contributed by atoms with Gasteiger partial charge in [0, 0.05) is 103 Å². The first-order chi connectivity index (χ1) is 66.8. The summed E-state index contributed by atoms with van der Waals surface area (Å²) in [6.07, 6.45) is 3.28. The number of amides is 8. The van der Waals surface area contributed by atoms with Gasteiger partial charge in [0.25, 0.3) is 5.91 Å². The number of aryl methyl sites for hydroxylation is 6. The molecular weight excluding hydrogens is 1870 g/mol. The summed E-state index contributed by atoms with van der Waals surface area (Å²) >= 11 is 6.03. The van der Waals surface area contributed by atoms with Gasteiger partial charge in [-0.25, -0.2) is 19.9 Å². The monoisotopic (exact) mass is 2000 g/mol. The summed E-state index contributed by atoms with van der Waals surface area (Å²) in [5.74, 6) is -2.60. The van der Waals surface area contributed by atoms with Gasteiger partial charge in [-0.15, -0.1) is 39.1 Å². The van der Waals surface area contributed by atoms with E-state index in [4.69, 9.17) is 0 Å². The molecule has 0 saturated carbocycles. The van der Waals surface area contributed by atoms with E-state index in [0.29, 0.717) is 30.6 Å². The lowest BCUT2D eigenvalue weighted by Crippen LogP contribution is -2.57. The Kier molecular flexibility index (Phi) is 36.4. The first kappa shape index (κ1) is 108. The second-order valence-corrected chi connectivity index (χ2v) is 43.7. The molecule has 0 spiro atoms. The molecule has 752 valence electrons. The van der Waals surface area contributed by atoms with Crippen LogP contribution in [0.4, 0.5) is 0 Å². The quantitative estimate of drug-likeness (QED) is 0.0207. The Morgan fingerprint density at radius 1 is 0.468 bits per heavy atom. The highest BCUT2D eigenvalue weighted by Crippen LogP contribution is 2.39. The molecule has 5 aliphatic rings. The van der Waals surface area contributed by atoms with Crippen LogP contribution < -0.4 is 16.0 Å². The molecule has 8 N–H and O–H groups in total. The fourth-order valence-corrected chi connectivity index (χ4v) is 22.1. The number of β-amino-alcohol motifs (C(OH)–C–C–N with tert-alkyl or cyclic N) is 4. The Hall–Kier alpha value is -11.7. The van der Waals surface area contributed by atoms with Gasteiger partial charge in [-0.1, -0.05) is 196 Å². The Bertz CT molecular complexity index is 6060. The van der Waals surface area contributed by atoms with Crippen LogP contribution in [0.5, 0.6) is 0 Å². The maximum atomic E-state index is 13.8. The third kappa shape index (κ3) is 26.8. The van der Waals surface area contributed by atoms with E-state index < -0.39 is 83.6 Å². The summed E-state index contributed by atoms with van der Waals surface area (Å²) < 4.78 is 5.72. The number of aliphatic hydroxyl groups excluding tert-OH is 5. The molecule has 0 aliphatic carbocycles. The fourth-order valence-electron chi connectivity index (χ4n) is 19.0. The molecule has 15 rings (SSSR count). The van der Waals surface area contributed by atoms with Crippen LogP contribution in [0.15, 0.2) is 150 Å². The second-order valence-electron chi connectivity index (χ2n) is 40.4. The van der Waals surface area contributed by atoms with Gasteiger partial charge >= 0.3 is 0 Å². The molecule has 5 aliphatic heterocycles. The average Bonchev–Trinajstić information content (AvgIpc) is 1.62. The van der Waals surface area contributed by atoms with E-state index in [1.165, 1.54) is 40.1 Å². The van der Waals surface area contributed by atoms with Crippen LogP contribution >= 0.6 is 45.5 Å². The van der Waals surface area contributed by atoms with Crippen LogP contribution in [0.25, 0.3) is 41.8 Å². The molecule has 4 saturated heterocycles. The number of carbonyl (C=O) groups is 11. The molecule has 0 bridgehead atoms. The van der Waals surface area contributed by atoms with Crippen molar-refractivity contribution < 1.29 is 78.3 Å². The number of rotatable bonds is 30. The summed E-state index contributed by atoms with van der Waals surface area (Å²) in [4.78, 5) is 173. The van der Waals surface area contributed by atoms with Crippen molar-refractivity contribution in [2.24, 2.45) is 22.7 Å². The molecule has 0 radical (unpaired) electrons. The lowest BCUT2D eigenvalue weighted by molar-refractivity contribution is -0.144. The molecule has 0 unspecified atom stereocenters. The van der Waals surface area contributed by atoms with E-state index >= 15 is 0 Å². The zero-order chi connectivity index (χ0) is 102. The number of likely N-dealkylation sites (tertiary alicyclic amines) is 4. The molecule has 5 aromatic carbocycles. The van der Waals surface area contributed by atoms with Gasteiger partial charge in [0.1, 0.15) is 35.9 Å². The number of fused-ring (bicyclic) bond motifs is 1. The number of hydrogen-bond donors (Lipinski definition) is 8. The SMILES string of the molecule is CC(=O)N[C@H](C(=O)N1C[C@H](O)C[C@H]1C(=O)CCc1ccc(-c2scnc2C)cc1)C(C)(C)C.CC(=O)N[C@H](C(=O)N1C[C@H](O)C[C@H]1C(=O)N[C@@H](C)c1ccc(-c2scnc2C)cc1)C(C)(C)C.Cc1cn([C@H](C(=O)N2C[C@H](O)C[C@H]2C(=O)C[C@@H](C)c2ccc(-c3snnc3CO)cc2)C(C)C)cn1.Cc1ncsc1-c1ccc(CCC(=O)[C@@H]2C[C@@H](O)CN2C(=O)[C@H](C(C)C)N2Cc3ccccc3C2=O)cc1. The van der Waals surface area contributed by atoms with E-state index in [1.807, 2.05) is 249 Å². The summed E-state index contributed by atoms with van der Waals surface area (Å²) in [5, 5.41) is 63.1. The van der Waals surface area contributed by atoms with Crippen molar-refractivity contribution in [3.63, 3.8) is 0 Å². The lowest BCUT2D eigenvalue weighted by atomic mass is 9.85. The number of aromatic nitrogens is 7. The van der Waals surface area contributed by atoms with Gasteiger partial charge in [0.2, 0.25) is 41.4 Å². The summed E-state index contributed by atoms with van der Waals surface area (Å²) in [6, 6.07) is 33.6. The first-order valence-electron chi connectivity index (χ1n) is 48.1. The van der Waals surface area contributed by atoms with E-state index in [2.05, 4.69) is 45.5 Å². The van der Waals surface area contributed by atoms with Crippen LogP contribution in [0.1, 0.15) is 227 Å². The number of ketones is 3. The molecular formula is C106H133N15O16S4. The number of nitrogens with one attached hydrogen (secondary N) is 3. The number of hydrogen-bond acceptors (Lipinski definition) is 26. The van der Waals surface area contributed by atoms with E-state index in [9.17, 15) is 78.3 Å². The van der Waals surface area contributed by atoms with Gasteiger partial charge in [-0.05, 0) is 144 Å². The Balaban J connectivity index is 0.000000168. The smallest absolute Gasteiger partial charge is 0.255 e. The normalized spacial score (nSPS) is 19.7. The third-order valence-corrected chi connectivity index (χ3v) is 30.3. The number of benzene rings is 5. The number of aliphatic hydroxyl groups is 5. The molecule has 5 aromatic heterocycles. The van der Waals surface area contributed by atoms with Gasteiger partial charge < -0.3 is 70.5 Å². The van der Waals surface area contributed by atoms with Crippen molar-refractivity contribution in [3.05, 3.63) is 212 Å². The van der Waals surface area contributed by atoms with Crippen LogP contribution in [0.2, 0.25) is 0 Å². The molecule has 141 heavy (non-hydrogen) atoms. The zero-order valence-corrected chi connectivity index (χ0v) is 86.8. The largest absolute Gasteiger partial charge is 0.391 e. The number of thiazole rings is 3. The van der Waals surface area contributed by atoms with E-state index in [-0.39, 0.29) is 166 Å². The van der Waals surface area contributed by atoms with Gasteiger partial charge in [-0.2, -0.15) is 0 Å². The van der Waals surface area contributed by atoms with Crippen LogP contribution in [-0.4, -0.2) is 242 Å². The van der Waals surface area contributed by atoms with Crippen LogP contribution in [0.3, 0.4) is 0 Å². The minimum absolute atomic E-state index is 0.00266. The first-order valence-corrected chi connectivity index (χ1v) is 51.5. The molecule has 10 heterocycles. The number of carbonyl (C=O) groups excluding carboxylic acids is 11. The number of nitrogens with zero attached hydrogens (tertiary/aromatic N) is 12. The molecule has 31 nitrogen and oxygen atoms in total. The van der Waals surface area contributed by atoms with Gasteiger partial charge in [-0.3, -0.25) is 52.7 Å². The predicted octanol–water partition coefficient (Wildman–Crippen LogP) is 13.3. The highest BCUT2D eigenvalue weighted by Gasteiger charge is 2.50. The summed E-state index contributed by atoms with van der Waals surface area (Å²) in [7, 11) is 0. The zero-order valence-electron chi connectivity index (χ0n) is 83.5. The van der Waals surface area contributed by atoms with Crippen LogP contribution in [-0.2, 0) is 73.9 Å². The highest BCUT2D eigenvalue weighted by molar-refractivity contribution is 7.14. The Labute approximate surface area is 840 Å². The topological polar surface area (TPSA) is 423 Å². The van der Waals surface area contributed by atoms with Crippen LogP contribution in [0, 0.1) is 50.4 Å². The molecule has 35 heteroatoms. The summed E-state index contributed by atoms with van der Waals surface area (Å²) in [5.41, 5.74) is 18.5. The van der Waals surface area contributed by atoms with E-state index in [0.717, 1.165) is 92.4 Å². The lowest BCUT2D eigenvalue weighted by Gasteiger charge is -2.35. The van der Waals surface area contributed by atoms with Crippen molar-refractivity contribution in [1.29, 1.82) is 0 Å². The second kappa shape index (κ2) is 47.5. The maximum absolute atomic E-state index is 13.8. The maximum Gasteiger partial charge on any atom is 0.255 e. The van der Waals surface area contributed by atoms with Gasteiger partial charge in [0.05, 0.1) is 120 Å². The number of imidazole rings is 1. The Morgan fingerprint density at radius 3 is 1.25 bits per heavy atom. The van der Waals surface area contributed by atoms with Crippen molar-refractivity contribution in [2.45, 2.75) is 280 Å². The van der Waals surface area contributed by atoms with Crippen molar-refractivity contribution in [2.75, 3.05) is 26.2 Å². The minimum atomic E-state index is -0.803. The molecule has 10 aromatic rings. The third-order valence-electron chi connectivity index (χ3n) is 26.6. The standard InChI is InChI=1S/C30H33N3O4S.C26H33N5O4S.C25H34N4O4S.C25H33N3O4S/c1-18(2)27(33-15-22-6-4-5-7-24(22)29(33)36)30(37)32-16-23(34)14-25(32)26(35)13-10-20-8-11-21(12-9-20)28-19(3)31-17-38-28;1-15(2)24(30-11-17(4)27-14-30)26(35)31-12-20(33)10-22(31)23(34)9-16(3)18-5-7-19(8-6-18)25-21(13-32)28-29-36-25;1-14(17-7-9-18(10-8-17)21-15(2)26-13-34-21)27-23(32)20-11-19(31)12-29(20)24(33)22(25(4,5)6)28-16(3)30;1-15-22(33-14-26-15)18-9-6-17(7-10-18)8-11-21(31)20-12-19(30)13-28(20)24(32)23(25(3,4)5)27-16(2)29/h4-9,11-12,17-18,23,25,27,34H,10,13-16H2,1-3H3;5-8,11,14-16,20,22,24,32-33H,9-10,12-13H2,1-4H3;7-10,13-14,19-20,22,31H,11-12H2,1-6H3,(H,27,32)(H,28,30);6-7,9-10,14,19-20,23,30H,8,11-13H2,1-5H3,(H,27,29)/t23-,25+,27+;16-,20-,22+,24+;14-,19+,20-,22+;19-,20+,23-/m1101/s1. The Morgan fingerprint density at radius 2 is 0.858 bits per heavy atom.